The minimum atomic E-state index is -4.01. The molecule has 1 atom stereocenters. The SMILES string of the molecule is COC(=O)CC1C(=O)NCCN1S(=O)(=O)c1ccccc1-c1ccccc1. The predicted molar refractivity (Wildman–Crippen MR) is 99.2 cm³/mol. The quantitative estimate of drug-likeness (QED) is 0.782. The van der Waals surface area contributed by atoms with Crippen molar-refractivity contribution in [2.45, 2.75) is 17.4 Å². The van der Waals surface area contributed by atoms with E-state index in [1.165, 1.54) is 13.2 Å². The number of hydrogen-bond donors (Lipinski definition) is 1. The van der Waals surface area contributed by atoms with Gasteiger partial charge in [0.05, 0.1) is 18.4 Å². The summed E-state index contributed by atoms with van der Waals surface area (Å²) in [5.74, 6) is -1.15. The number of amides is 1. The molecule has 1 N–H and O–H groups in total. The van der Waals surface area contributed by atoms with Gasteiger partial charge in [-0.05, 0) is 11.6 Å². The van der Waals surface area contributed by atoms with E-state index in [1.54, 1.807) is 18.2 Å². The summed E-state index contributed by atoms with van der Waals surface area (Å²) in [6, 6.07) is 14.6. The molecule has 1 heterocycles. The summed E-state index contributed by atoms with van der Waals surface area (Å²) in [6.07, 6.45) is -0.338. The number of methoxy groups -OCH3 is 1. The number of nitrogens with zero attached hydrogens (tertiary/aromatic N) is 1. The summed E-state index contributed by atoms with van der Waals surface area (Å²) in [5.41, 5.74) is 1.29. The van der Waals surface area contributed by atoms with E-state index < -0.39 is 27.9 Å². The summed E-state index contributed by atoms with van der Waals surface area (Å²) in [6.45, 7) is 0.266. The van der Waals surface area contributed by atoms with Crippen LogP contribution in [0, 0.1) is 0 Å². The molecular weight excluding hydrogens is 368 g/mol. The highest BCUT2D eigenvalue weighted by Gasteiger charge is 2.40. The lowest BCUT2D eigenvalue weighted by Crippen LogP contribution is -2.57. The molecule has 0 aromatic heterocycles. The third kappa shape index (κ3) is 3.86. The predicted octanol–water partition coefficient (Wildman–Crippen LogP) is 1.41. The van der Waals surface area contributed by atoms with Crippen LogP contribution in [0.25, 0.3) is 11.1 Å². The highest BCUT2D eigenvalue weighted by Crippen LogP contribution is 2.31. The zero-order chi connectivity index (χ0) is 19.4. The zero-order valence-corrected chi connectivity index (χ0v) is 15.6. The molecule has 7 nitrogen and oxygen atoms in total. The van der Waals surface area contributed by atoms with Gasteiger partial charge in [-0.3, -0.25) is 9.59 Å². The molecule has 1 aliphatic heterocycles. The number of ether oxygens (including phenoxy) is 1. The first-order chi connectivity index (χ1) is 12.9. The highest BCUT2D eigenvalue weighted by atomic mass is 32.2. The number of benzene rings is 2. The molecule has 0 aliphatic carbocycles. The van der Waals surface area contributed by atoms with Crippen LogP contribution in [0.3, 0.4) is 0 Å². The maximum absolute atomic E-state index is 13.4. The Labute approximate surface area is 158 Å². The maximum Gasteiger partial charge on any atom is 0.307 e. The van der Waals surface area contributed by atoms with Crippen LogP contribution in [0.1, 0.15) is 6.42 Å². The van der Waals surface area contributed by atoms with E-state index in [-0.39, 0.29) is 24.4 Å². The number of sulfonamides is 1. The van der Waals surface area contributed by atoms with Crippen LogP contribution in [0.2, 0.25) is 0 Å². The normalized spacial score (nSPS) is 18.0. The van der Waals surface area contributed by atoms with Gasteiger partial charge in [-0.1, -0.05) is 48.5 Å². The van der Waals surface area contributed by atoms with Crippen LogP contribution in [0.5, 0.6) is 0 Å². The van der Waals surface area contributed by atoms with Crippen molar-refractivity contribution < 1.29 is 22.7 Å². The molecule has 1 amide bonds. The number of carbonyl (C=O) groups is 2. The fraction of sp³-hybridized carbons (Fsp3) is 0.263. The molecule has 142 valence electrons. The first-order valence-electron chi connectivity index (χ1n) is 8.46. The Bertz CT molecular complexity index is 944. The van der Waals surface area contributed by atoms with Gasteiger partial charge in [-0.2, -0.15) is 4.31 Å². The molecule has 0 bridgehead atoms. The van der Waals surface area contributed by atoms with E-state index in [1.807, 2.05) is 30.3 Å². The van der Waals surface area contributed by atoms with Gasteiger partial charge in [0.15, 0.2) is 0 Å². The van der Waals surface area contributed by atoms with E-state index in [9.17, 15) is 18.0 Å². The van der Waals surface area contributed by atoms with Gasteiger partial charge in [0, 0.05) is 18.7 Å². The Morgan fingerprint density at radius 2 is 1.81 bits per heavy atom. The molecule has 0 saturated carbocycles. The van der Waals surface area contributed by atoms with E-state index in [0.29, 0.717) is 5.56 Å². The van der Waals surface area contributed by atoms with E-state index in [0.717, 1.165) is 9.87 Å². The average Bonchev–Trinajstić information content (AvgIpc) is 2.70. The lowest BCUT2D eigenvalue weighted by Gasteiger charge is -2.33. The molecule has 0 radical (unpaired) electrons. The van der Waals surface area contributed by atoms with Crippen molar-refractivity contribution in [2.75, 3.05) is 20.2 Å². The van der Waals surface area contributed by atoms with Gasteiger partial charge in [0.2, 0.25) is 15.9 Å². The van der Waals surface area contributed by atoms with Crippen LogP contribution in [0.15, 0.2) is 59.5 Å². The van der Waals surface area contributed by atoms with Crippen molar-refractivity contribution in [1.29, 1.82) is 0 Å². The van der Waals surface area contributed by atoms with Crippen molar-refractivity contribution in [3.05, 3.63) is 54.6 Å². The molecule has 1 saturated heterocycles. The smallest absolute Gasteiger partial charge is 0.307 e. The summed E-state index contributed by atoms with van der Waals surface area (Å²) < 4.78 is 32.5. The number of esters is 1. The number of rotatable bonds is 5. The number of piperazine rings is 1. The van der Waals surface area contributed by atoms with Crippen LogP contribution in [-0.2, 0) is 24.3 Å². The Balaban J connectivity index is 2.05. The highest BCUT2D eigenvalue weighted by molar-refractivity contribution is 7.89. The fourth-order valence-electron chi connectivity index (χ4n) is 3.09. The Morgan fingerprint density at radius 1 is 1.15 bits per heavy atom. The molecule has 2 aromatic carbocycles. The Morgan fingerprint density at radius 3 is 2.52 bits per heavy atom. The van der Waals surface area contributed by atoms with Gasteiger partial charge in [-0.15, -0.1) is 0 Å². The third-order valence-corrected chi connectivity index (χ3v) is 6.39. The molecule has 1 aliphatic rings. The lowest BCUT2D eigenvalue weighted by atomic mass is 10.1. The summed E-state index contributed by atoms with van der Waals surface area (Å²) in [5, 5.41) is 2.61. The summed E-state index contributed by atoms with van der Waals surface area (Å²) in [7, 11) is -2.81. The van der Waals surface area contributed by atoms with Gasteiger partial charge in [0.1, 0.15) is 6.04 Å². The maximum atomic E-state index is 13.4. The van der Waals surface area contributed by atoms with Gasteiger partial charge < -0.3 is 10.1 Å². The first kappa shape index (κ1) is 19.1. The van der Waals surface area contributed by atoms with Crippen LogP contribution in [0.4, 0.5) is 0 Å². The zero-order valence-electron chi connectivity index (χ0n) is 14.8. The van der Waals surface area contributed by atoms with Crippen LogP contribution in [-0.4, -0.2) is 50.8 Å². The standard InChI is InChI=1S/C19H20N2O5S/c1-26-18(22)13-16-19(23)20-11-12-21(16)27(24,25)17-10-6-5-9-15(17)14-7-3-2-4-8-14/h2-10,16H,11-13H2,1H3,(H,20,23). The Kier molecular flexibility index (Phi) is 5.57. The third-order valence-electron chi connectivity index (χ3n) is 4.43. The van der Waals surface area contributed by atoms with E-state index in [2.05, 4.69) is 10.1 Å². The molecule has 27 heavy (non-hydrogen) atoms. The van der Waals surface area contributed by atoms with Gasteiger partial charge in [0.25, 0.3) is 0 Å². The van der Waals surface area contributed by atoms with Crippen molar-refractivity contribution >= 4 is 21.9 Å². The van der Waals surface area contributed by atoms with Crippen LogP contribution < -0.4 is 5.32 Å². The van der Waals surface area contributed by atoms with E-state index in [4.69, 9.17) is 0 Å². The van der Waals surface area contributed by atoms with E-state index >= 15 is 0 Å². The van der Waals surface area contributed by atoms with Crippen molar-refractivity contribution in [1.82, 2.24) is 9.62 Å². The number of nitrogens with one attached hydrogen (secondary N) is 1. The van der Waals surface area contributed by atoms with Crippen molar-refractivity contribution in [3.8, 4) is 11.1 Å². The topological polar surface area (TPSA) is 92.8 Å². The minimum Gasteiger partial charge on any atom is -0.469 e. The Hall–Kier alpha value is -2.71. The molecule has 3 rings (SSSR count). The van der Waals surface area contributed by atoms with Crippen molar-refractivity contribution in [2.24, 2.45) is 0 Å². The first-order valence-corrected chi connectivity index (χ1v) is 9.90. The fourth-order valence-corrected chi connectivity index (χ4v) is 4.90. The molecule has 0 spiro atoms. The van der Waals surface area contributed by atoms with Crippen LogP contribution >= 0.6 is 0 Å². The number of carbonyl (C=O) groups excluding carboxylic acids is 2. The molecule has 1 unspecified atom stereocenters. The monoisotopic (exact) mass is 388 g/mol. The second-order valence-electron chi connectivity index (χ2n) is 6.07. The largest absolute Gasteiger partial charge is 0.469 e. The van der Waals surface area contributed by atoms with Crippen molar-refractivity contribution in [3.63, 3.8) is 0 Å². The average molecular weight is 388 g/mol. The molecular formula is C19H20N2O5S. The number of hydrogen-bond acceptors (Lipinski definition) is 5. The minimum absolute atomic E-state index is 0.0822. The molecule has 1 fully saturated rings. The lowest BCUT2D eigenvalue weighted by molar-refractivity contribution is -0.144. The second-order valence-corrected chi connectivity index (χ2v) is 7.92. The molecule has 2 aromatic rings. The summed E-state index contributed by atoms with van der Waals surface area (Å²) in [4.78, 5) is 24.1. The van der Waals surface area contributed by atoms with Gasteiger partial charge >= 0.3 is 5.97 Å². The molecule has 8 heteroatoms. The second kappa shape index (κ2) is 7.89. The van der Waals surface area contributed by atoms with Gasteiger partial charge in [-0.25, -0.2) is 8.42 Å². The summed E-state index contributed by atoms with van der Waals surface area (Å²) >= 11 is 0.